The lowest BCUT2D eigenvalue weighted by Crippen LogP contribution is -2.40. The first-order valence-electron chi connectivity index (χ1n) is 7.20. The molecule has 24 heavy (non-hydrogen) atoms. The molecule has 0 saturated heterocycles. The van der Waals surface area contributed by atoms with E-state index < -0.39 is 22.5 Å². The summed E-state index contributed by atoms with van der Waals surface area (Å²) in [6, 6.07) is 11.7. The molecule has 0 amide bonds. The van der Waals surface area contributed by atoms with Gasteiger partial charge in [0.2, 0.25) is 0 Å². The lowest BCUT2D eigenvalue weighted by atomic mass is 10.2. The average Bonchev–Trinajstić information content (AvgIpc) is 2.54. The van der Waals surface area contributed by atoms with Gasteiger partial charge in [-0.05, 0) is 5.56 Å². The molecule has 3 aromatic rings. The van der Waals surface area contributed by atoms with E-state index in [1.165, 1.54) is 16.8 Å². The zero-order valence-electron chi connectivity index (χ0n) is 12.6. The Hall–Kier alpha value is -3.42. The SMILES string of the molecule is O=c1cc(Cn2c(=O)ccn(Cc3ccccc3)c2=O)[nH]c(=O)[nH]1. The summed E-state index contributed by atoms with van der Waals surface area (Å²) < 4.78 is 2.36. The van der Waals surface area contributed by atoms with E-state index in [9.17, 15) is 19.2 Å². The molecular weight excluding hydrogens is 312 g/mol. The fourth-order valence-corrected chi connectivity index (χ4v) is 2.38. The molecule has 8 heteroatoms. The topological polar surface area (TPSA) is 110 Å². The van der Waals surface area contributed by atoms with Crippen molar-refractivity contribution in [3.63, 3.8) is 0 Å². The summed E-state index contributed by atoms with van der Waals surface area (Å²) in [4.78, 5) is 51.6. The van der Waals surface area contributed by atoms with Crippen molar-refractivity contribution in [1.82, 2.24) is 19.1 Å². The minimum absolute atomic E-state index is 0.181. The summed E-state index contributed by atoms with van der Waals surface area (Å²) in [7, 11) is 0. The van der Waals surface area contributed by atoms with Crippen LogP contribution in [-0.4, -0.2) is 19.1 Å². The molecule has 0 spiro atoms. The van der Waals surface area contributed by atoms with Crippen LogP contribution in [0.3, 0.4) is 0 Å². The zero-order chi connectivity index (χ0) is 17.1. The molecule has 8 nitrogen and oxygen atoms in total. The Bertz CT molecular complexity index is 1060. The number of H-pyrrole nitrogens is 2. The molecule has 3 rings (SSSR count). The van der Waals surface area contributed by atoms with Gasteiger partial charge in [0.25, 0.3) is 11.1 Å². The van der Waals surface area contributed by atoms with Gasteiger partial charge in [-0.1, -0.05) is 30.3 Å². The van der Waals surface area contributed by atoms with Crippen molar-refractivity contribution < 1.29 is 0 Å². The van der Waals surface area contributed by atoms with E-state index in [1.807, 2.05) is 35.3 Å². The first-order valence-corrected chi connectivity index (χ1v) is 7.20. The highest BCUT2D eigenvalue weighted by atomic mass is 16.2. The highest BCUT2D eigenvalue weighted by molar-refractivity contribution is 5.15. The maximum absolute atomic E-state index is 12.5. The highest BCUT2D eigenvalue weighted by Gasteiger charge is 2.08. The van der Waals surface area contributed by atoms with Crippen LogP contribution in [0.4, 0.5) is 0 Å². The number of aromatic amines is 2. The predicted molar refractivity (Wildman–Crippen MR) is 87.3 cm³/mol. The third-order valence-electron chi connectivity index (χ3n) is 3.48. The number of hydrogen-bond acceptors (Lipinski definition) is 4. The molecule has 0 aliphatic rings. The molecule has 0 aliphatic carbocycles. The lowest BCUT2D eigenvalue weighted by molar-refractivity contribution is 0.603. The number of hydrogen-bond donors (Lipinski definition) is 2. The number of rotatable bonds is 4. The second kappa shape index (κ2) is 6.37. The molecule has 0 aliphatic heterocycles. The van der Waals surface area contributed by atoms with Gasteiger partial charge in [0.05, 0.1) is 13.1 Å². The Kier molecular flexibility index (Phi) is 4.11. The monoisotopic (exact) mass is 326 g/mol. The van der Waals surface area contributed by atoms with Crippen molar-refractivity contribution in [2.45, 2.75) is 13.1 Å². The lowest BCUT2D eigenvalue weighted by Gasteiger charge is -2.10. The van der Waals surface area contributed by atoms with Gasteiger partial charge in [-0.15, -0.1) is 0 Å². The first-order chi connectivity index (χ1) is 11.5. The van der Waals surface area contributed by atoms with E-state index in [2.05, 4.69) is 4.98 Å². The maximum Gasteiger partial charge on any atom is 0.331 e. The van der Waals surface area contributed by atoms with E-state index >= 15 is 0 Å². The molecule has 0 saturated carbocycles. The molecule has 2 N–H and O–H groups in total. The van der Waals surface area contributed by atoms with E-state index in [-0.39, 0.29) is 12.2 Å². The van der Waals surface area contributed by atoms with Gasteiger partial charge in [-0.3, -0.25) is 23.7 Å². The predicted octanol–water partition coefficient (Wildman–Crippen LogP) is -0.517. The highest BCUT2D eigenvalue weighted by Crippen LogP contribution is 1.99. The van der Waals surface area contributed by atoms with Crippen LogP contribution < -0.4 is 22.5 Å². The second-order valence-corrected chi connectivity index (χ2v) is 5.25. The minimum atomic E-state index is -0.689. The van der Waals surface area contributed by atoms with Crippen LogP contribution in [-0.2, 0) is 13.1 Å². The van der Waals surface area contributed by atoms with E-state index in [4.69, 9.17) is 0 Å². The molecule has 0 unspecified atom stereocenters. The van der Waals surface area contributed by atoms with Crippen molar-refractivity contribution in [3.8, 4) is 0 Å². The molecule has 0 atom stereocenters. The van der Waals surface area contributed by atoms with Gasteiger partial charge in [0.15, 0.2) is 0 Å². The second-order valence-electron chi connectivity index (χ2n) is 5.25. The van der Waals surface area contributed by atoms with Crippen LogP contribution >= 0.6 is 0 Å². The minimum Gasteiger partial charge on any atom is -0.309 e. The quantitative estimate of drug-likeness (QED) is 0.672. The summed E-state index contributed by atoms with van der Waals surface area (Å²) in [5.41, 5.74) is -1.22. The van der Waals surface area contributed by atoms with Gasteiger partial charge >= 0.3 is 11.4 Å². The van der Waals surface area contributed by atoms with Gasteiger partial charge in [0.1, 0.15) is 0 Å². The standard InChI is InChI=1S/C16H14N4O4/c21-13-8-12(17-15(23)18-13)10-20-14(22)6-7-19(16(20)24)9-11-4-2-1-3-5-11/h1-8H,9-10H2,(H2,17,18,21,23). The summed E-state index contributed by atoms with van der Waals surface area (Å²) in [5, 5.41) is 0. The molecule has 0 bridgehead atoms. The van der Waals surface area contributed by atoms with Crippen LogP contribution in [0.15, 0.2) is 67.8 Å². The van der Waals surface area contributed by atoms with Crippen LogP contribution in [0.25, 0.3) is 0 Å². The van der Waals surface area contributed by atoms with Crippen molar-refractivity contribution >= 4 is 0 Å². The van der Waals surface area contributed by atoms with Crippen molar-refractivity contribution in [2.75, 3.05) is 0 Å². The number of nitrogens with zero attached hydrogens (tertiary/aromatic N) is 2. The van der Waals surface area contributed by atoms with Gasteiger partial charge in [0, 0.05) is 24.0 Å². The molecule has 2 heterocycles. The summed E-state index contributed by atoms with van der Waals surface area (Å²) in [6.45, 7) is 0.123. The van der Waals surface area contributed by atoms with Gasteiger partial charge < -0.3 is 4.98 Å². The van der Waals surface area contributed by atoms with E-state index in [0.29, 0.717) is 6.54 Å². The Morgan fingerprint density at radius 2 is 1.62 bits per heavy atom. The van der Waals surface area contributed by atoms with Gasteiger partial charge in [-0.25, -0.2) is 9.59 Å². The Morgan fingerprint density at radius 1 is 0.875 bits per heavy atom. The van der Waals surface area contributed by atoms with Crippen LogP contribution in [0.5, 0.6) is 0 Å². The Labute approximate surface area is 134 Å². The first kappa shape index (κ1) is 15.5. The number of benzene rings is 1. The van der Waals surface area contributed by atoms with Crippen LogP contribution in [0.2, 0.25) is 0 Å². The van der Waals surface area contributed by atoms with E-state index in [1.54, 1.807) is 0 Å². The molecular formula is C16H14N4O4. The third-order valence-corrected chi connectivity index (χ3v) is 3.48. The van der Waals surface area contributed by atoms with E-state index in [0.717, 1.165) is 16.2 Å². The van der Waals surface area contributed by atoms with Crippen LogP contribution in [0, 0.1) is 0 Å². The number of nitrogens with one attached hydrogen (secondary N) is 2. The summed E-state index contributed by atoms with van der Waals surface area (Å²) >= 11 is 0. The summed E-state index contributed by atoms with van der Waals surface area (Å²) in [5.74, 6) is 0. The number of aromatic nitrogens is 4. The molecule has 0 radical (unpaired) electrons. The zero-order valence-corrected chi connectivity index (χ0v) is 12.6. The fraction of sp³-hybridized carbons (Fsp3) is 0.125. The normalized spacial score (nSPS) is 10.7. The van der Waals surface area contributed by atoms with Crippen LogP contribution in [0.1, 0.15) is 11.3 Å². The average molecular weight is 326 g/mol. The molecule has 1 aromatic carbocycles. The van der Waals surface area contributed by atoms with Crippen molar-refractivity contribution in [2.24, 2.45) is 0 Å². The molecule has 122 valence electrons. The summed E-state index contributed by atoms with van der Waals surface area (Å²) in [6.07, 6.45) is 1.43. The maximum atomic E-state index is 12.5. The third kappa shape index (κ3) is 3.32. The fourth-order valence-electron chi connectivity index (χ4n) is 2.38. The Morgan fingerprint density at radius 3 is 2.33 bits per heavy atom. The smallest absolute Gasteiger partial charge is 0.309 e. The largest absolute Gasteiger partial charge is 0.331 e. The van der Waals surface area contributed by atoms with Gasteiger partial charge in [-0.2, -0.15) is 0 Å². The molecule has 2 aromatic heterocycles. The van der Waals surface area contributed by atoms with Crippen molar-refractivity contribution in [1.29, 1.82) is 0 Å². The molecule has 0 fully saturated rings. The Balaban J connectivity index is 2.00. The van der Waals surface area contributed by atoms with Crippen molar-refractivity contribution in [3.05, 3.63) is 102 Å².